The van der Waals surface area contributed by atoms with E-state index < -0.39 is 48.6 Å². The molecule has 0 saturated carbocycles. The highest BCUT2D eigenvalue weighted by atomic mass is 16.7. The van der Waals surface area contributed by atoms with E-state index in [0.29, 0.717) is 13.2 Å². The van der Waals surface area contributed by atoms with Gasteiger partial charge in [-0.15, -0.1) is 0 Å². The first-order valence-corrected chi connectivity index (χ1v) is 9.91. The third kappa shape index (κ3) is 10.2. The molecule has 0 aromatic carbocycles. The van der Waals surface area contributed by atoms with Gasteiger partial charge in [0.15, 0.2) is 18.5 Å². The van der Waals surface area contributed by atoms with Crippen LogP contribution in [0.2, 0.25) is 0 Å². The minimum atomic E-state index is -1.11. The first kappa shape index (κ1) is 26.9. The summed E-state index contributed by atoms with van der Waals surface area (Å²) in [4.78, 5) is 46.3. The van der Waals surface area contributed by atoms with Gasteiger partial charge >= 0.3 is 17.9 Å². The van der Waals surface area contributed by atoms with E-state index in [4.69, 9.17) is 34.2 Å². The highest BCUT2D eigenvalue weighted by Crippen LogP contribution is 2.27. The number of ketones is 1. The second-order valence-corrected chi connectivity index (χ2v) is 6.87. The number of hydrogen-bond donors (Lipinski definition) is 2. The molecular formula is C19H32N2O10. The molecule has 178 valence electrons. The summed E-state index contributed by atoms with van der Waals surface area (Å²) in [7, 11) is 0. The van der Waals surface area contributed by atoms with Crippen LogP contribution < -0.4 is 11.1 Å². The van der Waals surface area contributed by atoms with Gasteiger partial charge in [0, 0.05) is 27.3 Å². The Morgan fingerprint density at radius 2 is 1.55 bits per heavy atom. The van der Waals surface area contributed by atoms with Gasteiger partial charge in [-0.25, -0.2) is 0 Å². The summed E-state index contributed by atoms with van der Waals surface area (Å²) in [6.45, 7) is 5.65. The van der Waals surface area contributed by atoms with E-state index in [1.165, 1.54) is 27.7 Å². The van der Waals surface area contributed by atoms with Crippen LogP contribution in [0, 0.1) is 0 Å². The molecule has 12 heteroatoms. The standard InChI is InChI=1S/C19H32N2O10/c1-11(22)9-21-16-18(30-14(4)25)17(29-13(3)24)15(10-28-12(2)23)31-19(16)27-8-7-26-6-5-20/h15-19,21H,5-10,20H2,1-4H3. The molecule has 3 N–H and O–H groups in total. The summed E-state index contributed by atoms with van der Waals surface area (Å²) in [6.07, 6.45) is -4.21. The molecule has 0 bridgehead atoms. The van der Waals surface area contributed by atoms with Crippen LogP contribution in [0.4, 0.5) is 0 Å². The number of Topliss-reactive ketones (excluding diaryl/α,β-unsaturated/α-hetero) is 1. The Kier molecular flexibility index (Phi) is 12.2. The Bertz CT molecular complexity index is 614. The highest BCUT2D eigenvalue weighted by molar-refractivity contribution is 5.77. The first-order valence-electron chi connectivity index (χ1n) is 9.91. The van der Waals surface area contributed by atoms with Crippen LogP contribution in [0.15, 0.2) is 0 Å². The van der Waals surface area contributed by atoms with Gasteiger partial charge in [0.05, 0.1) is 26.4 Å². The Balaban J connectivity index is 3.13. The summed E-state index contributed by atoms with van der Waals surface area (Å²) >= 11 is 0. The second-order valence-electron chi connectivity index (χ2n) is 6.87. The van der Waals surface area contributed by atoms with Crippen molar-refractivity contribution in [1.29, 1.82) is 0 Å². The number of esters is 3. The molecule has 1 rings (SSSR count). The van der Waals surface area contributed by atoms with Crippen molar-refractivity contribution in [3.05, 3.63) is 0 Å². The molecule has 31 heavy (non-hydrogen) atoms. The summed E-state index contributed by atoms with van der Waals surface area (Å²) < 4.78 is 32.7. The van der Waals surface area contributed by atoms with Gasteiger partial charge < -0.3 is 34.2 Å². The number of carbonyl (C=O) groups excluding carboxylic acids is 4. The zero-order chi connectivity index (χ0) is 23.4. The quantitative estimate of drug-likeness (QED) is 0.194. The zero-order valence-electron chi connectivity index (χ0n) is 18.3. The van der Waals surface area contributed by atoms with Crippen LogP contribution in [-0.2, 0) is 47.6 Å². The molecule has 0 aliphatic carbocycles. The average molecular weight is 448 g/mol. The van der Waals surface area contributed by atoms with Crippen molar-refractivity contribution in [3.63, 3.8) is 0 Å². The number of hydrogen-bond acceptors (Lipinski definition) is 12. The molecule has 5 unspecified atom stereocenters. The molecule has 1 heterocycles. The highest BCUT2D eigenvalue weighted by Gasteiger charge is 2.50. The second kappa shape index (κ2) is 14.0. The summed E-state index contributed by atoms with van der Waals surface area (Å²) in [5.41, 5.74) is 5.38. The van der Waals surface area contributed by atoms with Crippen molar-refractivity contribution in [2.24, 2.45) is 5.73 Å². The number of nitrogens with two attached hydrogens (primary N) is 1. The van der Waals surface area contributed by atoms with Crippen LogP contribution in [-0.4, -0.2) is 93.9 Å². The summed E-state index contributed by atoms with van der Waals surface area (Å²) in [5, 5.41) is 2.93. The van der Waals surface area contributed by atoms with Gasteiger partial charge in [-0.05, 0) is 6.92 Å². The van der Waals surface area contributed by atoms with E-state index >= 15 is 0 Å². The monoisotopic (exact) mass is 448 g/mol. The minimum Gasteiger partial charge on any atom is -0.463 e. The van der Waals surface area contributed by atoms with E-state index in [1.54, 1.807) is 0 Å². The summed E-state index contributed by atoms with van der Waals surface area (Å²) in [6, 6.07) is -0.861. The molecule has 0 radical (unpaired) electrons. The van der Waals surface area contributed by atoms with Crippen molar-refractivity contribution < 1.29 is 47.6 Å². The SMILES string of the molecule is CC(=O)CNC1C(OCCOCCN)OC(COC(C)=O)C(OC(C)=O)C1OC(C)=O. The zero-order valence-corrected chi connectivity index (χ0v) is 18.3. The fourth-order valence-electron chi connectivity index (χ4n) is 2.93. The fraction of sp³-hybridized carbons (Fsp3) is 0.789. The predicted octanol–water partition coefficient (Wildman–Crippen LogP) is -1.32. The molecule has 0 aromatic heterocycles. The van der Waals surface area contributed by atoms with E-state index in [1.807, 2.05) is 0 Å². The molecule has 0 amide bonds. The fourth-order valence-corrected chi connectivity index (χ4v) is 2.93. The topological polar surface area (TPSA) is 162 Å². The predicted molar refractivity (Wildman–Crippen MR) is 105 cm³/mol. The lowest BCUT2D eigenvalue weighted by Crippen LogP contribution is -2.66. The molecule has 1 aliphatic rings. The normalized spacial score (nSPS) is 25.5. The molecule has 1 fully saturated rings. The first-order chi connectivity index (χ1) is 14.6. The van der Waals surface area contributed by atoms with Crippen LogP contribution >= 0.6 is 0 Å². The van der Waals surface area contributed by atoms with Gasteiger partial charge in [0.1, 0.15) is 24.5 Å². The maximum absolute atomic E-state index is 11.8. The smallest absolute Gasteiger partial charge is 0.303 e. The number of rotatable bonds is 13. The molecule has 1 aliphatic heterocycles. The van der Waals surface area contributed by atoms with E-state index in [-0.39, 0.29) is 32.1 Å². The molecule has 0 spiro atoms. The lowest BCUT2D eigenvalue weighted by atomic mass is 9.96. The maximum atomic E-state index is 11.8. The van der Waals surface area contributed by atoms with Crippen LogP contribution in [0.3, 0.4) is 0 Å². The lowest BCUT2D eigenvalue weighted by molar-refractivity contribution is -0.279. The van der Waals surface area contributed by atoms with Gasteiger partial charge in [0.2, 0.25) is 0 Å². The van der Waals surface area contributed by atoms with Gasteiger partial charge in [-0.1, -0.05) is 0 Å². The van der Waals surface area contributed by atoms with Gasteiger partial charge in [-0.2, -0.15) is 0 Å². The molecular weight excluding hydrogens is 416 g/mol. The third-order valence-electron chi connectivity index (χ3n) is 4.06. The molecule has 1 saturated heterocycles. The summed E-state index contributed by atoms with van der Waals surface area (Å²) in [5.74, 6) is -2.05. The van der Waals surface area contributed by atoms with Crippen LogP contribution in [0.5, 0.6) is 0 Å². The Morgan fingerprint density at radius 1 is 0.903 bits per heavy atom. The van der Waals surface area contributed by atoms with E-state index in [9.17, 15) is 19.2 Å². The average Bonchev–Trinajstić information content (AvgIpc) is 2.66. The lowest BCUT2D eigenvalue weighted by Gasteiger charge is -2.45. The van der Waals surface area contributed by atoms with Crippen molar-refractivity contribution in [3.8, 4) is 0 Å². The Hall–Kier alpha value is -2.12. The Labute approximate surface area is 181 Å². The molecule has 0 aromatic rings. The van der Waals surface area contributed by atoms with Crippen molar-refractivity contribution in [2.45, 2.75) is 58.3 Å². The minimum absolute atomic E-state index is 0.0727. The number of carbonyl (C=O) groups is 4. The molecule has 5 atom stereocenters. The number of nitrogens with one attached hydrogen (secondary N) is 1. The van der Waals surface area contributed by atoms with Crippen molar-refractivity contribution in [2.75, 3.05) is 39.5 Å². The van der Waals surface area contributed by atoms with Gasteiger partial charge in [0.25, 0.3) is 0 Å². The van der Waals surface area contributed by atoms with E-state index in [2.05, 4.69) is 5.32 Å². The van der Waals surface area contributed by atoms with E-state index in [0.717, 1.165) is 0 Å². The maximum Gasteiger partial charge on any atom is 0.303 e. The molecule has 12 nitrogen and oxygen atoms in total. The van der Waals surface area contributed by atoms with Crippen LogP contribution in [0.1, 0.15) is 27.7 Å². The van der Waals surface area contributed by atoms with Crippen LogP contribution in [0.25, 0.3) is 0 Å². The largest absolute Gasteiger partial charge is 0.463 e. The number of ether oxygens (including phenoxy) is 6. The Morgan fingerprint density at radius 3 is 2.10 bits per heavy atom. The van der Waals surface area contributed by atoms with Gasteiger partial charge in [-0.3, -0.25) is 24.5 Å². The third-order valence-corrected chi connectivity index (χ3v) is 4.06. The van der Waals surface area contributed by atoms with Crippen molar-refractivity contribution >= 4 is 23.7 Å². The van der Waals surface area contributed by atoms with Crippen molar-refractivity contribution in [1.82, 2.24) is 5.32 Å².